The van der Waals surface area contributed by atoms with Gasteiger partial charge in [-0.25, -0.2) is 0 Å². The number of rotatable bonds is 4. The average Bonchev–Trinajstić information content (AvgIpc) is 2.23. The lowest BCUT2D eigenvalue weighted by molar-refractivity contribution is 0.299. The molecule has 0 heterocycles. The summed E-state index contributed by atoms with van der Waals surface area (Å²) in [7, 11) is 0. The maximum atomic E-state index is 8.86. The molecule has 0 saturated carbocycles. The van der Waals surface area contributed by atoms with Gasteiger partial charge in [-0.1, -0.05) is 5.92 Å². The van der Waals surface area contributed by atoms with Crippen LogP contribution in [0, 0.1) is 11.8 Å². The SMILES string of the molecule is CC#CCOc1c(Br)cc(CCO)cc1Br. The molecule has 1 aromatic carbocycles. The maximum Gasteiger partial charge on any atom is 0.149 e. The Hall–Kier alpha value is -0.500. The molecule has 2 nitrogen and oxygen atoms in total. The van der Waals surface area contributed by atoms with Crippen LogP contribution < -0.4 is 4.74 Å². The molecular weight excluding hydrogens is 336 g/mol. The van der Waals surface area contributed by atoms with Crippen LogP contribution in [-0.2, 0) is 6.42 Å². The third-order valence-corrected chi connectivity index (χ3v) is 3.10. The minimum atomic E-state index is 0.139. The molecule has 0 amide bonds. The van der Waals surface area contributed by atoms with E-state index in [1.807, 2.05) is 12.1 Å². The van der Waals surface area contributed by atoms with Gasteiger partial charge in [-0.3, -0.25) is 0 Å². The molecule has 0 radical (unpaired) electrons. The Morgan fingerprint density at radius 3 is 2.44 bits per heavy atom. The Morgan fingerprint density at radius 2 is 1.94 bits per heavy atom. The maximum absolute atomic E-state index is 8.86. The second-order valence-electron chi connectivity index (χ2n) is 3.08. The van der Waals surface area contributed by atoms with Crippen LogP contribution in [0.25, 0.3) is 0 Å². The Kier molecular flexibility index (Phi) is 5.89. The van der Waals surface area contributed by atoms with E-state index in [2.05, 4.69) is 43.7 Å². The van der Waals surface area contributed by atoms with Crippen LogP contribution in [0.15, 0.2) is 21.1 Å². The molecule has 1 aromatic rings. The van der Waals surface area contributed by atoms with Gasteiger partial charge in [0, 0.05) is 6.61 Å². The fraction of sp³-hybridized carbons (Fsp3) is 0.333. The highest BCUT2D eigenvalue weighted by molar-refractivity contribution is 9.11. The van der Waals surface area contributed by atoms with Crippen LogP contribution in [0.1, 0.15) is 12.5 Å². The normalized spacial score (nSPS) is 9.50. The largest absolute Gasteiger partial charge is 0.479 e. The average molecular weight is 348 g/mol. The summed E-state index contributed by atoms with van der Waals surface area (Å²) in [4.78, 5) is 0. The quantitative estimate of drug-likeness (QED) is 0.848. The van der Waals surface area contributed by atoms with Crippen molar-refractivity contribution in [2.45, 2.75) is 13.3 Å². The Labute approximate surface area is 112 Å². The first-order valence-corrected chi connectivity index (χ1v) is 6.38. The van der Waals surface area contributed by atoms with E-state index >= 15 is 0 Å². The standard InChI is InChI=1S/C12H12Br2O2/c1-2-3-6-16-12-10(13)7-9(4-5-15)8-11(12)14/h7-8,15H,4-6H2,1H3. The topological polar surface area (TPSA) is 29.5 Å². The zero-order valence-electron chi connectivity index (χ0n) is 8.89. The van der Waals surface area contributed by atoms with E-state index < -0.39 is 0 Å². The second kappa shape index (κ2) is 6.95. The fourth-order valence-corrected chi connectivity index (χ4v) is 2.71. The van der Waals surface area contributed by atoms with Crippen molar-refractivity contribution in [3.8, 4) is 17.6 Å². The van der Waals surface area contributed by atoms with Gasteiger partial charge in [-0.2, -0.15) is 0 Å². The summed E-state index contributed by atoms with van der Waals surface area (Å²) in [6.45, 7) is 2.28. The minimum absolute atomic E-state index is 0.139. The van der Waals surface area contributed by atoms with Crippen LogP contribution in [0.4, 0.5) is 0 Å². The summed E-state index contributed by atoms with van der Waals surface area (Å²) in [5.74, 6) is 6.35. The molecule has 1 N–H and O–H groups in total. The zero-order chi connectivity index (χ0) is 12.0. The molecule has 0 fully saturated rings. The molecule has 0 aromatic heterocycles. The van der Waals surface area contributed by atoms with E-state index in [9.17, 15) is 0 Å². The zero-order valence-corrected chi connectivity index (χ0v) is 12.1. The molecule has 0 unspecified atom stereocenters. The molecule has 86 valence electrons. The predicted molar refractivity (Wildman–Crippen MR) is 71.6 cm³/mol. The summed E-state index contributed by atoms with van der Waals surface area (Å²) in [5.41, 5.74) is 1.05. The lowest BCUT2D eigenvalue weighted by Gasteiger charge is -2.09. The summed E-state index contributed by atoms with van der Waals surface area (Å²) in [6.07, 6.45) is 0.631. The summed E-state index contributed by atoms with van der Waals surface area (Å²) in [5, 5.41) is 8.86. The monoisotopic (exact) mass is 346 g/mol. The second-order valence-corrected chi connectivity index (χ2v) is 4.79. The fourth-order valence-electron chi connectivity index (χ4n) is 1.20. The van der Waals surface area contributed by atoms with Gasteiger partial charge >= 0.3 is 0 Å². The number of aliphatic hydroxyl groups is 1. The van der Waals surface area contributed by atoms with E-state index in [4.69, 9.17) is 9.84 Å². The van der Waals surface area contributed by atoms with Crippen LogP contribution in [-0.4, -0.2) is 18.3 Å². The highest BCUT2D eigenvalue weighted by atomic mass is 79.9. The van der Waals surface area contributed by atoms with Crippen molar-refractivity contribution in [1.82, 2.24) is 0 Å². The molecule has 0 atom stereocenters. The third-order valence-electron chi connectivity index (χ3n) is 1.92. The Balaban J connectivity index is 2.87. The summed E-state index contributed by atoms with van der Waals surface area (Å²) < 4.78 is 7.24. The first kappa shape index (κ1) is 13.6. The van der Waals surface area contributed by atoms with Gasteiger partial charge in [0.05, 0.1) is 8.95 Å². The van der Waals surface area contributed by atoms with Crippen LogP contribution in [0.5, 0.6) is 5.75 Å². The van der Waals surface area contributed by atoms with Crippen molar-refractivity contribution >= 4 is 31.9 Å². The number of hydrogen-bond acceptors (Lipinski definition) is 2. The Bertz CT molecular complexity index is 396. The van der Waals surface area contributed by atoms with Crippen LogP contribution in [0.3, 0.4) is 0 Å². The van der Waals surface area contributed by atoms with Crippen LogP contribution >= 0.6 is 31.9 Å². The number of aliphatic hydroxyl groups excluding tert-OH is 1. The Morgan fingerprint density at radius 1 is 1.31 bits per heavy atom. The van der Waals surface area contributed by atoms with E-state index in [1.54, 1.807) is 6.92 Å². The lowest BCUT2D eigenvalue weighted by Crippen LogP contribution is -1.98. The summed E-state index contributed by atoms with van der Waals surface area (Å²) >= 11 is 6.87. The van der Waals surface area contributed by atoms with Crippen molar-refractivity contribution in [3.63, 3.8) is 0 Å². The molecule has 0 saturated heterocycles. The third kappa shape index (κ3) is 3.82. The van der Waals surface area contributed by atoms with E-state index in [0.717, 1.165) is 20.3 Å². The van der Waals surface area contributed by atoms with Gasteiger partial charge in [-0.05, 0) is 62.9 Å². The van der Waals surface area contributed by atoms with Gasteiger partial charge < -0.3 is 9.84 Å². The number of ether oxygens (including phenoxy) is 1. The lowest BCUT2D eigenvalue weighted by atomic mass is 10.1. The first-order valence-electron chi connectivity index (χ1n) is 4.80. The number of benzene rings is 1. The predicted octanol–water partition coefficient (Wildman–Crippen LogP) is 3.15. The van der Waals surface area contributed by atoms with Gasteiger partial charge in [0.1, 0.15) is 12.4 Å². The molecule has 0 aliphatic heterocycles. The molecule has 0 aliphatic rings. The van der Waals surface area contributed by atoms with Crippen molar-refractivity contribution in [2.24, 2.45) is 0 Å². The van der Waals surface area contributed by atoms with Gasteiger partial charge in [0.15, 0.2) is 0 Å². The van der Waals surface area contributed by atoms with Gasteiger partial charge in [0.25, 0.3) is 0 Å². The number of halogens is 2. The van der Waals surface area contributed by atoms with Crippen LogP contribution in [0.2, 0.25) is 0 Å². The highest BCUT2D eigenvalue weighted by Crippen LogP contribution is 2.34. The van der Waals surface area contributed by atoms with Crippen molar-refractivity contribution in [3.05, 3.63) is 26.6 Å². The van der Waals surface area contributed by atoms with Crippen molar-refractivity contribution in [2.75, 3.05) is 13.2 Å². The molecule has 0 bridgehead atoms. The van der Waals surface area contributed by atoms with Crippen molar-refractivity contribution < 1.29 is 9.84 Å². The smallest absolute Gasteiger partial charge is 0.149 e. The highest BCUT2D eigenvalue weighted by Gasteiger charge is 2.08. The van der Waals surface area contributed by atoms with E-state index in [0.29, 0.717) is 13.0 Å². The molecule has 16 heavy (non-hydrogen) atoms. The van der Waals surface area contributed by atoms with Gasteiger partial charge in [-0.15, -0.1) is 5.92 Å². The van der Waals surface area contributed by atoms with E-state index in [-0.39, 0.29) is 6.61 Å². The van der Waals surface area contributed by atoms with E-state index in [1.165, 1.54) is 0 Å². The van der Waals surface area contributed by atoms with Gasteiger partial charge in [0.2, 0.25) is 0 Å². The minimum Gasteiger partial charge on any atom is -0.479 e. The summed E-state index contributed by atoms with van der Waals surface area (Å²) in [6, 6.07) is 3.88. The molecule has 0 spiro atoms. The first-order chi connectivity index (χ1) is 7.69. The molecular formula is C12H12Br2O2. The molecule has 4 heteroatoms. The van der Waals surface area contributed by atoms with Crippen molar-refractivity contribution in [1.29, 1.82) is 0 Å². The molecule has 0 aliphatic carbocycles. The number of hydrogen-bond donors (Lipinski definition) is 1. The molecule has 1 rings (SSSR count).